The minimum absolute atomic E-state index is 0.197. The van der Waals surface area contributed by atoms with Gasteiger partial charge in [-0.15, -0.1) is 0 Å². The van der Waals surface area contributed by atoms with Gasteiger partial charge in [0.15, 0.2) is 0 Å². The number of fused-ring (bicyclic) bond motifs is 1. The summed E-state index contributed by atoms with van der Waals surface area (Å²) in [5, 5.41) is 12.5. The van der Waals surface area contributed by atoms with Crippen LogP contribution >= 0.6 is 11.8 Å². The quantitative estimate of drug-likeness (QED) is 0.596. The van der Waals surface area contributed by atoms with E-state index >= 15 is 0 Å². The predicted octanol–water partition coefficient (Wildman–Crippen LogP) is 3.44. The zero-order chi connectivity index (χ0) is 20.1. The number of nitrogens with two attached hydrogens (primary N) is 1. The second-order valence-corrected chi connectivity index (χ2v) is 8.14. The van der Waals surface area contributed by atoms with Crippen LogP contribution in [0, 0.1) is 11.3 Å². The summed E-state index contributed by atoms with van der Waals surface area (Å²) < 4.78 is 0. The van der Waals surface area contributed by atoms with Gasteiger partial charge in [0.25, 0.3) is 0 Å². The molecule has 1 unspecified atom stereocenters. The number of benzene rings is 1. The van der Waals surface area contributed by atoms with Crippen LogP contribution < -0.4 is 11.1 Å². The van der Waals surface area contributed by atoms with E-state index in [-0.39, 0.29) is 5.91 Å². The number of anilines is 1. The van der Waals surface area contributed by atoms with Gasteiger partial charge in [-0.05, 0) is 68.5 Å². The number of carbonyl (C=O) groups is 2. The third-order valence-corrected chi connectivity index (χ3v) is 5.83. The number of nitrogens with one attached hydrogen (secondary N) is 1. The summed E-state index contributed by atoms with van der Waals surface area (Å²) in [6.07, 6.45) is 5.28. The van der Waals surface area contributed by atoms with E-state index in [9.17, 15) is 14.9 Å². The predicted molar refractivity (Wildman–Crippen MR) is 109 cm³/mol. The Morgan fingerprint density at radius 2 is 1.93 bits per heavy atom. The number of nitriles is 1. The van der Waals surface area contributed by atoms with Crippen molar-refractivity contribution >= 4 is 29.3 Å². The molecule has 0 saturated carbocycles. The van der Waals surface area contributed by atoms with Gasteiger partial charge in [-0.25, -0.2) is 4.98 Å². The van der Waals surface area contributed by atoms with Gasteiger partial charge in [-0.1, -0.05) is 18.2 Å². The normalized spacial score (nSPS) is 14.3. The molecule has 2 amide bonds. The maximum Gasteiger partial charge on any atom is 0.248 e. The molecule has 144 valence electrons. The standard InChI is InChI=1S/C21H22N4O2S/c1-13(20(27)24-17-9-7-14(8-10-17)19(23)26)28-21-16(12-22)11-15-5-3-2-4-6-18(15)25-21/h7-11,13H,2-6H2,1H3,(H2,23,26)(H,24,27). The molecule has 0 fully saturated rings. The van der Waals surface area contributed by atoms with Gasteiger partial charge in [0.05, 0.1) is 10.8 Å². The average molecular weight is 395 g/mol. The van der Waals surface area contributed by atoms with Gasteiger partial charge < -0.3 is 11.1 Å². The fraction of sp³-hybridized carbons (Fsp3) is 0.333. The molecule has 2 aromatic rings. The Kier molecular flexibility index (Phi) is 6.32. The first kappa shape index (κ1) is 19.9. The number of hydrogen-bond donors (Lipinski definition) is 2. The monoisotopic (exact) mass is 394 g/mol. The summed E-state index contributed by atoms with van der Waals surface area (Å²) in [5.74, 6) is -0.711. The van der Waals surface area contributed by atoms with Crippen molar-refractivity contribution in [3.05, 3.63) is 52.7 Å². The van der Waals surface area contributed by atoms with Crippen LogP contribution in [0.25, 0.3) is 0 Å². The van der Waals surface area contributed by atoms with Crippen LogP contribution in [0.15, 0.2) is 35.4 Å². The maximum atomic E-state index is 12.5. The lowest BCUT2D eigenvalue weighted by atomic mass is 10.1. The number of rotatable bonds is 5. The molecule has 3 N–H and O–H groups in total. The van der Waals surface area contributed by atoms with Crippen molar-refractivity contribution in [3.63, 3.8) is 0 Å². The van der Waals surface area contributed by atoms with Crippen LogP contribution in [-0.2, 0) is 17.6 Å². The number of aryl methyl sites for hydroxylation is 2. The molecule has 0 saturated heterocycles. The zero-order valence-corrected chi connectivity index (χ0v) is 16.5. The molecule has 1 aromatic heterocycles. The molecule has 1 atom stereocenters. The SMILES string of the molecule is CC(Sc1nc2c(cc1C#N)CCCCC2)C(=O)Nc1ccc(C(N)=O)cc1. The molecule has 6 nitrogen and oxygen atoms in total. The topological polar surface area (TPSA) is 109 Å². The third-order valence-electron chi connectivity index (χ3n) is 4.73. The minimum atomic E-state index is -0.514. The van der Waals surface area contributed by atoms with Crippen LogP contribution in [0.5, 0.6) is 0 Å². The Morgan fingerprint density at radius 3 is 2.61 bits per heavy atom. The lowest BCUT2D eigenvalue weighted by Gasteiger charge is -2.14. The van der Waals surface area contributed by atoms with Crippen molar-refractivity contribution in [2.45, 2.75) is 49.3 Å². The van der Waals surface area contributed by atoms with E-state index in [4.69, 9.17) is 10.7 Å². The van der Waals surface area contributed by atoms with E-state index in [0.29, 0.717) is 21.8 Å². The highest BCUT2D eigenvalue weighted by molar-refractivity contribution is 8.00. The number of amides is 2. The first-order chi connectivity index (χ1) is 13.5. The highest BCUT2D eigenvalue weighted by atomic mass is 32.2. The molecule has 0 spiro atoms. The summed E-state index contributed by atoms with van der Waals surface area (Å²) >= 11 is 1.29. The van der Waals surface area contributed by atoms with E-state index in [2.05, 4.69) is 11.4 Å². The smallest absolute Gasteiger partial charge is 0.248 e. The largest absolute Gasteiger partial charge is 0.366 e. The molecule has 1 aromatic carbocycles. The first-order valence-corrected chi connectivity index (χ1v) is 10.2. The van der Waals surface area contributed by atoms with Crippen molar-refractivity contribution < 1.29 is 9.59 Å². The lowest BCUT2D eigenvalue weighted by Crippen LogP contribution is -2.23. The van der Waals surface area contributed by atoms with Gasteiger partial charge >= 0.3 is 0 Å². The number of carbonyl (C=O) groups excluding carboxylic acids is 2. The second-order valence-electron chi connectivity index (χ2n) is 6.81. The Morgan fingerprint density at radius 1 is 1.21 bits per heavy atom. The molecular formula is C21H22N4O2S. The number of pyridine rings is 1. The number of primary amides is 1. The minimum Gasteiger partial charge on any atom is -0.366 e. The fourth-order valence-electron chi connectivity index (χ4n) is 3.14. The summed E-state index contributed by atoms with van der Waals surface area (Å²) in [5.41, 5.74) is 8.92. The van der Waals surface area contributed by atoms with Gasteiger partial charge in [0.1, 0.15) is 11.1 Å². The number of thioether (sulfide) groups is 1. The van der Waals surface area contributed by atoms with E-state index in [1.807, 2.05) is 6.07 Å². The van der Waals surface area contributed by atoms with E-state index in [1.54, 1.807) is 31.2 Å². The molecule has 28 heavy (non-hydrogen) atoms. The zero-order valence-electron chi connectivity index (χ0n) is 15.7. The second kappa shape index (κ2) is 8.89. The van der Waals surface area contributed by atoms with Crippen LogP contribution in [0.1, 0.15) is 53.4 Å². The van der Waals surface area contributed by atoms with Crippen LogP contribution in [0.4, 0.5) is 5.69 Å². The molecule has 7 heteroatoms. The van der Waals surface area contributed by atoms with Crippen LogP contribution in [0.3, 0.4) is 0 Å². The molecule has 3 rings (SSSR count). The van der Waals surface area contributed by atoms with E-state index in [1.165, 1.54) is 18.2 Å². The van der Waals surface area contributed by atoms with Gasteiger partial charge in [0.2, 0.25) is 11.8 Å². The third kappa shape index (κ3) is 4.70. The number of aromatic nitrogens is 1. The van der Waals surface area contributed by atoms with Gasteiger partial charge in [0, 0.05) is 16.9 Å². The van der Waals surface area contributed by atoms with Crippen LogP contribution in [-0.4, -0.2) is 22.0 Å². The highest BCUT2D eigenvalue weighted by Crippen LogP contribution is 2.29. The summed E-state index contributed by atoms with van der Waals surface area (Å²) in [6, 6.07) is 10.6. The summed E-state index contributed by atoms with van der Waals surface area (Å²) in [6.45, 7) is 1.78. The highest BCUT2D eigenvalue weighted by Gasteiger charge is 2.20. The maximum absolute atomic E-state index is 12.5. The van der Waals surface area contributed by atoms with Gasteiger partial charge in [-0.3, -0.25) is 9.59 Å². The Bertz CT molecular complexity index is 935. The van der Waals surface area contributed by atoms with E-state index < -0.39 is 11.2 Å². The van der Waals surface area contributed by atoms with Crippen molar-refractivity contribution in [2.75, 3.05) is 5.32 Å². The molecule has 1 aliphatic carbocycles. The molecule has 0 bridgehead atoms. The lowest BCUT2D eigenvalue weighted by molar-refractivity contribution is -0.115. The Hall–Kier alpha value is -2.85. The number of nitrogens with zero attached hydrogens (tertiary/aromatic N) is 2. The average Bonchev–Trinajstić information content (AvgIpc) is 2.92. The van der Waals surface area contributed by atoms with Crippen molar-refractivity contribution in [1.29, 1.82) is 5.26 Å². The van der Waals surface area contributed by atoms with Crippen molar-refractivity contribution in [1.82, 2.24) is 4.98 Å². The Balaban J connectivity index is 1.72. The summed E-state index contributed by atoms with van der Waals surface area (Å²) in [4.78, 5) is 28.4. The molecular weight excluding hydrogens is 372 g/mol. The molecule has 1 aliphatic rings. The first-order valence-electron chi connectivity index (χ1n) is 9.28. The number of hydrogen-bond acceptors (Lipinski definition) is 5. The van der Waals surface area contributed by atoms with Crippen molar-refractivity contribution in [2.24, 2.45) is 5.73 Å². The van der Waals surface area contributed by atoms with Crippen LogP contribution in [0.2, 0.25) is 0 Å². The van der Waals surface area contributed by atoms with Gasteiger partial charge in [-0.2, -0.15) is 5.26 Å². The fourth-order valence-corrected chi connectivity index (χ4v) is 4.04. The Labute approximate surface area is 168 Å². The molecule has 0 aliphatic heterocycles. The molecule has 1 heterocycles. The van der Waals surface area contributed by atoms with Crippen molar-refractivity contribution in [3.8, 4) is 6.07 Å². The van der Waals surface area contributed by atoms with E-state index in [0.717, 1.165) is 36.9 Å². The molecule has 0 radical (unpaired) electrons. The summed E-state index contributed by atoms with van der Waals surface area (Å²) in [7, 11) is 0.